The highest BCUT2D eigenvalue weighted by Crippen LogP contribution is 2.40. The van der Waals surface area contributed by atoms with Crippen molar-refractivity contribution in [1.29, 1.82) is 0 Å². The van der Waals surface area contributed by atoms with Crippen LogP contribution >= 0.6 is 0 Å². The van der Waals surface area contributed by atoms with Gasteiger partial charge in [0.1, 0.15) is 0 Å². The second kappa shape index (κ2) is 6.46. The van der Waals surface area contributed by atoms with Crippen LogP contribution in [0.4, 0.5) is 0 Å². The smallest absolute Gasteiger partial charge is 0.161 e. The number of rotatable bonds is 5. The first-order valence-electron chi connectivity index (χ1n) is 7.30. The van der Waals surface area contributed by atoms with E-state index in [1.807, 2.05) is 6.07 Å². The molecule has 0 aromatic heterocycles. The molecule has 0 aliphatic carbocycles. The minimum Gasteiger partial charge on any atom is -0.493 e. The fourth-order valence-corrected chi connectivity index (χ4v) is 3.21. The summed E-state index contributed by atoms with van der Waals surface area (Å²) in [6.07, 6.45) is 1.16. The lowest BCUT2D eigenvalue weighted by Crippen LogP contribution is -2.33. The molecule has 2 unspecified atom stereocenters. The number of ether oxygens (including phenoxy) is 2. The quantitative estimate of drug-likeness (QED) is 0.898. The first kappa shape index (κ1) is 15.1. The van der Waals surface area contributed by atoms with Gasteiger partial charge >= 0.3 is 0 Å². The third-order valence-corrected chi connectivity index (χ3v) is 4.28. The van der Waals surface area contributed by atoms with Gasteiger partial charge in [-0.05, 0) is 57.0 Å². The Bertz CT molecular complexity index is 448. The van der Waals surface area contributed by atoms with Crippen LogP contribution in [0.5, 0.6) is 11.5 Å². The highest BCUT2D eigenvalue weighted by Gasteiger charge is 2.35. The highest BCUT2D eigenvalue weighted by atomic mass is 16.5. The monoisotopic (exact) mass is 278 g/mol. The summed E-state index contributed by atoms with van der Waals surface area (Å²) >= 11 is 0. The molecule has 1 saturated heterocycles. The fraction of sp³-hybridized carbons (Fsp3) is 0.625. The van der Waals surface area contributed by atoms with Gasteiger partial charge in [-0.2, -0.15) is 0 Å². The van der Waals surface area contributed by atoms with Gasteiger partial charge in [0.05, 0.1) is 14.2 Å². The molecule has 1 fully saturated rings. The van der Waals surface area contributed by atoms with Crippen molar-refractivity contribution in [3.63, 3.8) is 0 Å². The molecule has 0 amide bonds. The molecule has 112 valence electrons. The van der Waals surface area contributed by atoms with Gasteiger partial charge in [0.2, 0.25) is 0 Å². The van der Waals surface area contributed by atoms with Gasteiger partial charge in [-0.1, -0.05) is 6.07 Å². The Morgan fingerprint density at radius 2 is 1.95 bits per heavy atom. The Hall–Kier alpha value is -1.26. The fourth-order valence-electron chi connectivity index (χ4n) is 3.21. The lowest BCUT2D eigenvalue weighted by Gasteiger charge is -2.31. The number of nitrogens with zero attached hydrogens (tertiary/aromatic N) is 1. The van der Waals surface area contributed by atoms with E-state index in [-0.39, 0.29) is 0 Å². The van der Waals surface area contributed by atoms with Crippen LogP contribution < -0.4 is 15.2 Å². The third-order valence-electron chi connectivity index (χ3n) is 4.28. The summed E-state index contributed by atoms with van der Waals surface area (Å²) in [4.78, 5) is 2.53. The zero-order valence-corrected chi connectivity index (χ0v) is 12.9. The first-order chi connectivity index (χ1) is 9.62. The summed E-state index contributed by atoms with van der Waals surface area (Å²) in [5.41, 5.74) is 7.24. The second-order valence-corrected chi connectivity index (χ2v) is 5.68. The van der Waals surface area contributed by atoms with Gasteiger partial charge < -0.3 is 15.2 Å². The first-order valence-corrected chi connectivity index (χ1v) is 7.30. The lowest BCUT2D eigenvalue weighted by molar-refractivity contribution is 0.184. The van der Waals surface area contributed by atoms with E-state index in [0.29, 0.717) is 18.0 Å². The van der Waals surface area contributed by atoms with Crippen LogP contribution in [-0.4, -0.2) is 38.3 Å². The molecule has 0 spiro atoms. The van der Waals surface area contributed by atoms with E-state index in [1.165, 1.54) is 5.56 Å². The van der Waals surface area contributed by atoms with Crippen molar-refractivity contribution in [3.05, 3.63) is 23.8 Å². The summed E-state index contributed by atoms with van der Waals surface area (Å²) < 4.78 is 10.7. The summed E-state index contributed by atoms with van der Waals surface area (Å²) in [5, 5.41) is 0. The van der Waals surface area contributed by atoms with E-state index in [9.17, 15) is 0 Å². The predicted octanol–water partition coefficient (Wildman–Crippen LogP) is 2.43. The van der Waals surface area contributed by atoms with E-state index < -0.39 is 0 Å². The second-order valence-electron chi connectivity index (χ2n) is 5.68. The van der Waals surface area contributed by atoms with Crippen LogP contribution in [-0.2, 0) is 0 Å². The maximum atomic E-state index is 5.97. The van der Waals surface area contributed by atoms with Crippen molar-refractivity contribution in [1.82, 2.24) is 4.90 Å². The van der Waals surface area contributed by atoms with Crippen LogP contribution in [0.1, 0.15) is 31.9 Å². The highest BCUT2D eigenvalue weighted by molar-refractivity contribution is 5.44. The van der Waals surface area contributed by atoms with Gasteiger partial charge in [-0.15, -0.1) is 0 Å². The van der Waals surface area contributed by atoms with E-state index in [4.69, 9.17) is 15.2 Å². The Labute approximate surface area is 121 Å². The topological polar surface area (TPSA) is 47.7 Å². The molecule has 1 aromatic carbocycles. The normalized spacial score (nSPS) is 23.3. The number of hydrogen-bond donors (Lipinski definition) is 1. The summed E-state index contributed by atoms with van der Waals surface area (Å²) in [6.45, 7) is 6.32. The Balaban J connectivity index is 2.36. The average Bonchev–Trinajstić information content (AvgIpc) is 2.90. The zero-order valence-electron chi connectivity index (χ0n) is 12.9. The van der Waals surface area contributed by atoms with Gasteiger partial charge in [-0.3, -0.25) is 4.90 Å². The maximum absolute atomic E-state index is 5.97. The molecular weight excluding hydrogens is 252 g/mol. The Kier molecular flexibility index (Phi) is 4.89. The Morgan fingerprint density at radius 1 is 1.25 bits per heavy atom. The van der Waals surface area contributed by atoms with Gasteiger partial charge in [0, 0.05) is 12.1 Å². The summed E-state index contributed by atoms with van der Waals surface area (Å²) in [5.74, 6) is 2.07. The van der Waals surface area contributed by atoms with E-state index in [1.54, 1.807) is 14.2 Å². The molecule has 0 saturated carbocycles. The molecule has 1 aliphatic heterocycles. The van der Waals surface area contributed by atoms with Crippen LogP contribution in [0, 0.1) is 5.92 Å². The van der Waals surface area contributed by atoms with Crippen molar-refractivity contribution in [3.8, 4) is 11.5 Å². The number of likely N-dealkylation sites (tertiary alicyclic amines) is 1. The molecule has 1 aromatic rings. The number of methoxy groups -OCH3 is 2. The Morgan fingerprint density at radius 3 is 2.50 bits per heavy atom. The molecule has 1 aliphatic rings. The largest absolute Gasteiger partial charge is 0.493 e. The molecule has 4 nitrogen and oxygen atoms in total. The summed E-state index contributed by atoms with van der Waals surface area (Å²) in [7, 11) is 3.34. The van der Waals surface area contributed by atoms with E-state index in [0.717, 1.165) is 31.0 Å². The molecule has 0 bridgehead atoms. The minimum atomic E-state index is 0.375. The molecule has 1 heterocycles. The van der Waals surface area contributed by atoms with E-state index in [2.05, 4.69) is 30.9 Å². The molecule has 2 rings (SSSR count). The van der Waals surface area contributed by atoms with Gasteiger partial charge in [-0.25, -0.2) is 0 Å². The molecular formula is C16H26N2O2. The van der Waals surface area contributed by atoms with Crippen LogP contribution in [0.3, 0.4) is 0 Å². The zero-order chi connectivity index (χ0) is 14.7. The van der Waals surface area contributed by atoms with Gasteiger partial charge in [0.15, 0.2) is 11.5 Å². The minimum absolute atomic E-state index is 0.375. The van der Waals surface area contributed by atoms with Crippen molar-refractivity contribution in [2.24, 2.45) is 11.7 Å². The maximum Gasteiger partial charge on any atom is 0.161 e. The SMILES string of the molecule is COc1ccc(C2C(CN)CCN2C(C)C)cc1OC. The lowest BCUT2D eigenvalue weighted by atomic mass is 9.93. The number of nitrogens with two attached hydrogens (primary N) is 1. The molecule has 2 atom stereocenters. The number of benzene rings is 1. The molecule has 2 N–H and O–H groups in total. The van der Waals surface area contributed by atoms with Crippen molar-refractivity contribution >= 4 is 0 Å². The number of hydrogen-bond acceptors (Lipinski definition) is 4. The van der Waals surface area contributed by atoms with E-state index >= 15 is 0 Å². The third kappa shape index (κ3) is 2.76. The van der Waals surface area contributed by atoms with Crippen molar-refractivity contribution < 1.29 is 9.47 Å². The molecule has 4 heteroatoms. The van der Waals surface area contributed by atoms with Crippen LogP contribution in [0.2, 0.25) is 0 Å². The predicted molar refractivity (Wildman–Crippen MR) is 81.3 cm³/mol. The van der Waals surface area contributed by atoms with Crippen molar-refractivity contribution in [2.45, 2.75) is 32.4 Å². The van der Waals surface area contributed by atoms with Gasteiger partial charge in [0.25, 0.3) is 0 Å². The van der Waals surface area contributed by atoms with Crippen LogP contribution in [0.15, 0.2) is 18.2 Å². The summed E-state index contributed by atoms with van der Waals surface area (Å²) in [6, 6.07) is 7.10. The molecule has 20 heavy (non-hydrogen) atoms. The average molecular weight is 278 g/mol. The molecule has 0 radical (unpaired) electrons. The van der Waals surface area contributed by atoms with Crippen LogP contribution in [0.25, 0.3) is 0 Å². The standard InChI is InChI=1S/C16H26N2O2/c1-11(2)18-8-7-13(10-17)16(18)12-5-6-14(19-3)15(9-12)20-4/h5-6,9,11,13,16H,7-8,10,17H2,1-4H3. The van der Waals surface area contributed by atoms with Crippen molar-refractivity contribution in [2.75, 3.05) is 27.3 Å².